The Morgan fingerprint density at radius 3 is 2.67 bits per heavy atom. The highest BCUT2D eigenvalue weighted by atomic mass is 127. The number of anilines is 1. The first-order valence-corrected chi connectivity index (χ1v) is 7.38. The van der Waals surface area contributed by atoms with Crippen LogP contribution in [0.1, 0.15) is 20.8 Å². The quantitative estimate of drug-likeness (QED) is 0.272. The number of pyridine rings is 1. The second-order valence-electron chi connectivity index (χ2n) is 4.47. The molecule has 1 aromatic rings. The fraction of sp³-hybridized carbons (Fsp3) is 0.538. The molecule has 0 bridgehead atoms. The molecule has 0 fully saturated rings. The Kier molecular flexibility index (Phi) is 10.9. The fourth-order valence-electron chi connectivity index (χ4n) is 1.48. The number of aliphatic imine (C=N–C) groups is 1. The zero-order chi connectivity index (χ0) is 15.0. The number of hydrogen-bond acceptors (Lipinski definition) is 3. The van der Waals surface area contributed by atoms with Gasteiger partial charge in [0.1, 0.15) is 5.82 Å². The van der Waals surface area contributed by atoms with Crippen LogP contribution in [0.5, 0.6) is 0 Å². The summed E-state index contributed by atoms with van der Waals surface area (Å²) in [6, 6.07) is 2.00. The molecule has 1 rings (SSSR count). The van der Waals surface area contributed by atoms with Gasteiger partial charge in [0, 0.05) is 25.3 Å². The van der Waals surface area contributed by atoms with Crippen molar-refractivity contribution in [1.82, 2.24) is 15.6 Å². The Bertz CT molecular complexity index is 454. The standard InChI is InChI=1S/C13H21Cl2N5.HI/c1-4-16-13(20-9(2)3)18-6-5-17-12-11(15)7-10(14)8-19-12;/h7-9H,4-6H2,1-3H3,(H,17,19)(H2,16,18,20);1H. The molecule has 21 heavy (non-hydrogen) atoms. The molecule has 1 aromatic heterocycles. The highest BCUT2D eigenvalue weighted by molar-refractivity contribution is 14.0. The molecule has 3 N–H and O–H groups in total. The zero-order valence-electron chi connectivity index (χ0n) is 12.4. The van der Waals surface area contributed by atoms with Gasteiger partial charge < -0.3 is 16.0 Å². The van der Waals surface area contributed by atoms with Gasteiger partial charge in [-0.2, -0.15) is 0 Å². The smallest absolute Gasteiger partial charge is 0.191 e. The second-order valence-corrected chi connectivity index (χ2v) is 5.31. The predicted octanol–water partition coefficient (Wildman–Crippen LogP) is 3.38. The van der Waals surface area contributed by atoms with E-state index in [0.29, 0.717) is 35.0 Å². The van der Waals surface area contributed by atoms with Crippen molar-refractivity contribution in [3.63, 3.8) is 0 Å². The molecule has 5 nitrogen and oxygen atoms in total. The average molecular weight is 446 g/mol. The van der Waals surface area contributed by atoms with E-state index in [2.05, 4.69) is 39.8 Å². The maximum Gasteiger partial charge on any atom is 0.191 e. The van der Waals surface area contributed by atoms with E-state index in [0.717, 1.165) is 12.5 Å². The van der Waals surface area contributed by atoms with E-state index in [-0.39, 0.29) is 24.0 Å². The minimum absolute atomic E-state index is 0. The molecular weight excluding hydrogens is 424 g/mol. The Hall–Kier alpha value is -0.470. The molecule has 0 unspecified atom stereocenters. The Balaban J connectivity index is 0.00000400. The Morgan fingerprint density at radius 2 is 2.10 bits per heavy atom. The summed E-state index contributed by atoms with van der Waals surface area (Å²) in [4.78, 5) is 8.58. The van der Waals surface area contributed by atoms with E-state index in [4.69, 9.17) is 23.2 Å². The van der Waals surface area contributed by atoms with E-state index in [1.54, 1.807) is 12.3 Å². The molecule has 0 spiro atoms. The molecule has 1 heterocycles. The van der Waals surface area contributed by atoms with Crippen LogP contribution >= 0.6 is 47.2 Å². The topological polar surface area (TPSA) is 61.3 Å². The lowest BCUT2D eigenvalue weighted by molar-refractivity contribution is 0.701. The van der Waals surface area contributed by atoms with E-state index in [1.807, 2.05) is 6.92 Å². The SMILES string of the molecule is CCNC(=NCCNc1ncc(Cl)cc1Cl)NC(C)C.I. The zero-order valence-corrected chi connectivity index (χ0v) is 16.3. The second kappa shape index (κ2) is 11.1. The van der Waals surface area contributed by atoms with Crippen LogP contribution in [0.2, 0.25) is 10.0 Å². The summed E-state index contributed by atoms with van der Waals surface area (Å²) in [7, 11) is 0. The molecule has 0 aliphatic heterocycles. The molecule has 0 saturated heterocycles. The monoisotopic (exact) mass is 445 g/mol. The van der Waals surface area contributed by atoms with Gasteiger partial charge in [0.15, 0.2) is 5.96 Å². The molecule has 8 heteroatoms. The minimum Gasteiger partial charge on any atom is -0.367 e. The minimum atomic E-state index is 0. The first-order valence-electron chi connectivity index (χ1n) is 6.62. The number of halogens is 3. The highest BCUT2D eigenvalue weighted by Gasteiger charge is 2.02. The van der Waals surface area contributed by atoms with Gasteiger partial charge in [-0.05, 0) is 26.8 Å². The summed E-state index contributed by atoms with van der Waals surface area (Å²) < 4.78 is 0. The van der Waals surface area contributed by atoms with Gasteiger partial charge in [0.05, 0.1) is 16.6 Å². The van der Waals surface area contributed by atoms with Crippen molar-refractivity contribution >= 4 is 59.0 Å². The van der Waals surface area contributed by atoms with Gasteiger partial charge in [-0.3, -0.25) is 4.99 Å². The molecule has 0 amide bonds. The summed E-state index contributed by atoms with van der Waals surface area (Å²) in [5.74, 6) is 1.42. The lowest BCUT2D eigenvalue weighted by Crippen LogP contribution is -2.41. The van der Waals surface area contributed by atoms with Crippen LogP contribution in [0.3, 0.4) is 0 Å². The van der Waals surface area contributed by atoms with Crippen LogP contribution in [0.15, 0.2) is 17.3 Å². The molecule has 120 valence electrons. The van der Waals surface area contributed by atoms with Crippen molar-refractivity contribution in [3.05, 3.63) is 22.3 Å². The van der Waals surface area contributed by atoms with Gasteiger partial charge in [-0.25, -0.2) is 4.98 Å². The van der Waals surface area contributed by atoms with Crippen molar-refractivity contribution in [2.45, 2.75) is 26.8 Å². The van der Waals surface area contributed by atoms with Crippen LogP contribution in [0.25, 0.3) is 0 Å². The van der Waals surface area contributed by atoms with Gasteiger partial charge in [0.2, 0.25) is 0 Å². The summed E-state index contributed by atoms with van der Waals surface area (Å²) >= 11 is 11.8. The first-order chi connectivity index (χ1) is 9.52. The number of aromatic nitrogens is 1. The molecular formula is C13H22Cl2IN5. The van der Waals surface area contributed by atoms with E-state index >= 15 is 0 Å². The molecule has 0 aliphatic rings. The molecule has 0 aliphatic carbocycles. The third-order valence-corrected chi connectivity index (χ3v) is 2.75. The van der Waals surface area contributed by atoms with Crippen molar-refractivity contribution in [2.75, 3.05) is 25.0 Å². The molecule has 0 aromatic carbocycles. The maximum atomic E-state index is 6.02. The predicted molar refractivity (Wildman–Crippen MR) is 102 cm³/mol. The number of nitrogens with one attached hydrogen (secondary N) is 3. The number of rotatable bonds is 6. The average Bonchev–Trinajstić information content (AvgIpc) is 2.36. The van der Waals surface area contributed by atoms with Crippen molar-refractivity contribution in [1.29, 1.82) is 0 Å². The number of guanidine groups is 1. The van der Waals surface area contributed by atoms with E-state index in [1.165, 1.54) is 0 Å². The van der Waals surface area contributed by atoms with Gasteiger partial charge in [-0.1, -0.05) is 23.2 Å². The Labute approximate surface area is 153 Å². The lowest BCUT2D eigenvalue weighted by Gasteiger charge is -2.14. The van der Waals surface area contributed by atoms with Crippen LogP contribution in [0, 0.1) is 0 Å². The normalized spacial score (nSPS) is 11.0. The lowest BCUT2D eigenvalue weighted by atomic mass is 10.4. The van der Waals surface area contributed by atoms with Crippen LogP contribution in [-0.2, 0) is 0 Å². The van der Waals surface area contributed by atoms with Crippen LogP contribution in [-0.4, -0.2) is 36.6 Å². The summed E-state index contributed by atoms with van der Waals surface area (Å²) in [5, 5.41) is 10.6. The molecule has 0 saturated carbocycles. The maximum absolute atomic E-state index is 6.02. The summed E-state index contributed by atoms with van der Waals surface area (Å²) in [5.41, 5.74) is 0. The van der Waals surface area contributed by atoms with Gasteiger partial charge in [0.25, 0.3) is 0 Å². The number of hydrogen-bond donors (Lipinski definition) is 3. The molecule has 0 atom stereocenters. The van der Waals surface area contributed by atoms with Crippen LogP contribution < -0.4 is 16.0 Å². The fourth-order valence-corrected chi connectivity index (χ4v) is 1.93. The van der Waals surface area contributed by atoms with E-state index < -0.39 is 0 Å². The summed E-state index contributed by atoms with van der Waals surface area (Å²) in [6.45, 7) is 8.26. The van der Waals surface area contributed by atoms with Crippen molar-refractivity contribution in [3.8, 4) is 0 Å². The summed E-state index contributed by atoms with van der Waals surface area (Å²) in [6.07, 6.45) is 1.56. The van der Waals surface area contributed by atoms with Gasteiger partial charge >= 0.3 is 0 Å². The first kappa shape index (κ1) is 20.5. The third-order valence-electron chi connectivity index (χ3n) is 2.25. The van der Waals surface area contributed by atoms with Crippen LogP contribution in [0.4, 0.5) is 5.82 Å². The van der Waals surface area contributed by atoms with Crippen molar-refractivity contribution < 1.29 is 0 Å². The Morgan fingerprint density at radius 1 is 1.38 bits per heavy atom. The number of nitrogens with zero attached hydrogens (tertiary/aromatic N) is 2. The van der Waals surface area contributed by atoms with Gasteiger partial charge in [-0.15, -0.1) is 24.0 Å². The van der Waals surface area contributed by atoms with E-state index in [9.17, 15) is 0 Å². The largest absolute Gasteiger partial charge is 0.367 e. The van der Waals surface area contributed by atoms with Crippen molar-refractivity contribution in [2.24, 2.45) is 4.99 Å². The highest BCUT2D eigenvalue weighted by Crippen LogP contribution is 2.21. The molecule has 0 radical (unpaired) electrons. The third kappa shape index (κ3) is 8.53.